The molecule has 0 bridgehead atoms. The van der Waals surface area contributed by atoms with Crippen molar-refractivity contribution >= 4 is 24.0 Å². The number of aryl methyl sites for hydroxylation is 2. The second kappa shape index (κ2) is 8.28. The van der Waals surface area contributed by atoms with Gasteiger partial charge in [0.1, 0.15) is 0 Å². The molecule has 4 heteroatoms. The summed E-state index contributed by atoms with van der Waals surface area (Å²) < 4.78 is 0. The largest absolute Gasteiger partial charge is 0.324 e. The molecule has 1 rings (SSSR count). The van der Waals surface area contributed by atoms with Crippen LogP contribution < -0.4 is 5.32 Å². The monoisotopic (exact) mass is 298 g/mol. The van der Waals surface area contributed by atoms with Crippen LogP contribution in [-0.2, 0) is 4.79 Å². The van der Waals surface area contributed by atoms with Crippen molar-refractivity contribution in [3.63, 3.8) is 0 Å². The quantitative estimate of drug-likeness (QED) is 0.900. The Bertz CT molecular complexity index is 442. The molecule has 0 unspecified atom stereocenters. The molecule has 0 heterocycles. The Labute approximate surface area is 129 Å². The topological polar surface area (TPSA) is 32.3 Å². The van der Waals surface area contributed by atoms with Crippen LogP contribution in [0.15, 0.2) is 6.07 Å². The lowest BCUT2D eigenvalue weighted by Gasteiger charge is -2.20. The molecule has 0 fully saturated rings. The van der Waals surface area contributed by atoms with E-state index in [0.717, 1.165) is 29.9 Å². The first-order valence-corrected chi connectivity index (χ1v) is 7.00. The molecule has 0 spiro atoms. The average Bonchev–Trinajstić information content (AvgIpc) is 2.38. The van der Waals surface area contributed by atoms with Gasteiger partial charge in [0.25, 0.3) is 0 Å². The van der Waals surface area contributed by atoms with E-state index < -0.39 is 0 Å². The fraction of sp³-hybridized carbons (Fsp3) is 0.562. The van der Waals surface area contributed by atoms with E-state index in [9.17, 15) is 4.79 Å². The predicted molar refractivity (Wildman–Crippen MR) is 89.1 cm³/mol. The van der Waals surface area contributed by atoms with Gasteiger partial charge in [-0.15, -0.1) is 12.4 Å². The van der Waals surface area contributed by atoms with E-state index in [1.165, 1.54) is 11.1 Å². The summed E-state index contributed by atoms with van der Waals surface area (Å²) in [5.41, 5.74) is 5.75. The Morgan fingerprint density at radius 3 is 1.90 bits per heavy atom. The summed E-state index contributed by atoms with van der Waals surface area (Å²) in [6.07, 6.45) is 0. The SMILES string of the molecule is CCN(CC)CC(=O)Nc1c(C)c(C)cc(C)c1C.Cl. The van der Waals surface area contributed by atoms with E-state index in [-0.39, 0.29) is 18.3 Å². The van der Waals surface area contributed by atoms with Crippen LogP contribution in [0.1, 0.15) is 36.1 Å². The average molecular weight is 299 g/mol. The molecule has 1 aromatic rings. The number of nitrogens with zero attached hydrogens (tertiary/aromatic N) is 1. The van der Waals surface area contributed by atoms with Gasteiger partial charge in [-0.3, -0.25) is 9.69 Å². The van der Waals surface area contributed by atoms with Crippen molar-refractivity contribution < 1.29 is 4.79 Å². The molecule has 0 aliphatic heterocycles. The van der Waals surface area contributed by atoms with Crippen molar-refractivity contribution in [3.8, 4) is 0 Å². The third-order valence-electron chi connectivity index (χ3n) is 3.89. The lowest BCUT2D eigenvalue weighted by Crippen LogP contribution is -2.33. The summed E-state index contributed by atoms with van der Waals surface area (Å²) in [5.74, 6) is 0.0694. The Morgan fingerprint density at radius 2 is 1.50 bits per heavy atom. The number of carbonyl (C=O) groups excluding carboxylic acids is 1. The van der Waals surface area contributed by atoms with Gasteiger partial charge in [-0.2, -0.15) is 0 Å². The van der Waals surface area contributed by atoms with Crippen LogP contribution in [0.2, 0.25) is 0 Å². The fourth-order valence-electron chi connectivity index (χ4n) is 2.23. The van der Waals surface area contributed by atoms with Crippen molar-refractivity contribution in [2.75, 3.05) is 25.0 Å². The molecule has 0 aliphatic rings. The highest BCUT2D eigenvalue weighted by Crippen LogP contribution is 2.26. The lowest BCUT2D eigenvalue weighted by atomic mass is 9.98. The first-order valence-electron chi connectivity index (χ1n) is 7.00. The number of rotatable bonds is 5. The standard InChI is InChI=1S/C16H26N2O.ClH/c1-7-18(8-2)10-15(19)17-16-13(5)11(3)9-12(4)14(16)6;/h9H,7-8,10H2,1-6H3,(H,17,19);1H. The smallest absolute Gasteiger partial charge is 0.238 e. The molecule has 0 saturated carbocycles. The summed E-state index contributed by atoms with van der Waals surface area (Å²) >= 11 is 0. The molecule has 1 N–H and O–H groups in total. The van der Waals surface area contributed by atoms with Crippen LogP contribution in [0, 0.1) is 27.7 Å². The van der Waals surface area contributed by atoms with Crippen LogP contribution in [0.25, 0.3) is 0 Å². The summed E-state index contributed by atoms with van der Waals surface area (Å²) in [6, 6.07) is 2.17. The molecular formula is C16H27ClN2O. The third-order valence-corrected chi connectivity index (χ3v) is 3.89. The van der Waals surface area contributed by atoms with Crippen LogP contribution in [-0.4, -0.2) is 30.4 Å². The zero-order chi connectivity index (χ0) is 14.6. The van der Waals surface area contributed by atoms with Crippen molar-refractivity contribution in [3.05, 3.63) is 28.3 Å². The van der Waals surface area contributed by atoms with Crippen molar-refractivity contribution in [2.24, 2.45) is 0 Å². The van der Waals surface area contributed by atoms with Crippen LogP contribution in [0.5, 0.6) is 0 Å². The van der Waals surface area contributed by atoms with Gasteiger partial charge in [-0.25, -0.2) is 0 Å². The molecule has 0 radical (unpaired) electrons. The third kappa shape index (κ3) is 4.50. The number of amides is 1. The number of hydrogen-bond acceptors (Lipinski definition) is 2. The number of carbonyl (C=O) groups is 1. The maximum atomic E-state index is 12.1. The van der Waals surface area contributed by atoms with E-state index in [0.29, 0.717) is 6.54 Å². The van der Waals surface area contributed by atoms with Crippen LogP contribution in [0.4, 0.5) is 5.69 Å². The van der Waals surface area contributed by atoms with E-state index in [4.69, 9.17) is 0 Å². The molecule has 20 heavy (non-hydrogen) atoms. The maximum Gasteiger partial charge on any atom is 0.238 e. The van der Waals surface area contributed by atoms with Gasteiger partial charge in [-0.1, -0.05) is 19.9 Å². The first-order chi connectivity index (χ1) is 8.90. The zero-order valence-electron chi connectivity index (χ0n) is 13.5. The minimum atomic E-state index is 0. The number of hydrogen-bond donors (Lipinski definition) is 1. The van der Waals surface area contributed by atoms with Gasteiger partial charge in [0.15, 0.2) is 0 Å². The van der Waals surface area contributed by atoms with Gasteiger partial charge >= 0.3 is 0 Å². The Balaban J connectivity index is 0.00000361. The molecule has 0 atom stereocenters. The molecule has 1 aromatic carbocycles. The van der Waals surface area contributed by atoms with Gasteiger partial charge < -0.3 is 5.32 Å². The molecule has 0 aromatic heterocycles. The van der Waals surface area contributed by atoms with E-state index in [2.05, 4.69) is 57.8 Å². The molecule has 114 valence electrons. The van der Waals surface area contributed by atoms with Crippen molar-refractivity contribution in [2.45, 2.75) is 41.5 Å². The minimum Gasteiger partial charge on any atom is -0.324 e. The number of likely N-dealkylation sites (N-methyl/N-ethyl adjacent to an activating group) is 1. The summed E-state index contributed by atoms with van der Waals surface area (Å²) in [4.78, 5) is 14.2. The number of halogens is 1. The number of anilines is 1. The summed E-state index contributed by atoms with van der Waals surface area (Å²) in [5, 5.41) is 3.08. The van der Waals surface area contributed by atoms with Gasteiger partial charge in [-0.05, 0) is 63.0 Å². The normalized spacial score (nSPS) is 10.3. The van der Waals surface area contributed by atoms with E-state index in [1.807, 2.05) is 0 Å². The van der Waals surface area contributed by atoms with Crippen LogP contribution >= 0.6 is 12.4 Å². The second-order valence-electron chi connectivity index (χ2n) is 5.14. The van der Waals surface area contributed by atoms with E-state index in [1.54, 1.807) is 0 Å². The highest BCUT2D eigenvalue weighted by atomic mass is 35.5. The van der Waals surface area contributed by atoms with Gasteiger partial charge in [0.2, 0.25) is 5.91 Å². The molecule has 0 saturated heterocycles. The molecule has 1 amide bonds. The van der Waals surface area contributed by atoms with Crippen molar-refractivity contribution in [1.82, 2.24) is 4.90 Å². The first kappa shape index (κ1) is 18.9. The molecule has 3 nitrogen and oxygen atoms in total. The van der Waals surface area contributed by atoms with Gasteiger partial charge in [0, 0.05) is 5.69 Å². The molecular weight excluding hydrogens is 272 g/mol. The predicted octanol–water partition coefficient (Wildman–Crippen LogP) is 3.62. The maximum absolute atomic E-state index is 12.1. The zero-order valence-corrected chi connectivity index (χ0v) is 14.3. The Hall–Kier alpha value is -1.06. The van der Waals surface area contributed by atoms with Gasteiger partial charge in [0.05, 0.1) is 6.54 Å². The van der Waals surface area contributed by atoms with Crippen LogP contribution in [0.3, 0.4) is 0 Å². The number of benzene rings is 1. The Kier molecular flexibility index (Phi) is 7.84. The lowest BCUT2D eigenvalue weighted by molar-refractivity contribution is -0.117. The molecule has 0 aliphatic carbocycles. The Morgan fingerprint density at radius 1 is 1.05 bits per heavy atom. The van der Waals surface area contributed by atoms with E-state index >= 15 is 0 Å². The number of nitrogens with one attached hydrogen (secondary N) is 1. The van der Waals surface area contributed by atoms with Crippen molar-refractivity contribution in [1.29, 1.82) is 0 Å². The highest BCUT2D eigenvalue weighted by Gasteiger charge is 2.13. The minimum absolute atomic E-state index is 0. The summed E-state index contributed by atoms with van der Waals surface area (Å²) in [6.45, 7) is 14.7. The fourth-order valence-corrected chi connectivity index (χ4v) is 2.23. The second-order valence-corrected chi connectivity index (χ2v) is 5.14. The highest BCUT2D eigenvalue weighted by molar-refractivity contribution is 5.94. The summed E-state index contributed by atoms with van der Waals surface area (Å²) in [7, 11) is 0.